The molecule has 22 heavy (non-hydrogen) atoms. The monoisotopic (exact) mass is 306 g/mol. The van der Waals surface area contributed by atoms with E-state index in [-0.39, 0.29) is 36.0 Å². The van der Waals surface area contributed by atoms with Gasteiger partial charge in [0.15, 0.2) is 0 Å². The van der Waals surface area contributed by atoms with Crippen LogP contribution in [0.4, 0.5) is 0 Å². The molecule has 0 unspecified atom stereocenters. The highest BCUT2D eigenvalue weighted by Crippen LogP contribution is 2.24. The van der Waals surface area contributed by atoms with E-state index in [0.29, 0.717) is 0 Å². The second-order valence-corrected chi connectivity index (χ2v) is 6.14. The molecule has 0 saturated carbocycles. The van der Waals surface area contributed by atoms with Gasteiger partial charge in [0.2, 0.25) is 0 Å². The van der Waals surface area contributed by atoms with Gasteiger partial charge in [-0.05, 0) is 31.0 Å². The van der Waals surface area contributed by atoms with Crippen molar-refractivity contribution in [2.75, 3.05) is 0 Å². The molecule has 0 aromatic heterocycles. The number of hydrogen-bond acceptors (Lipinski definition) is 4. The van der Waals surface area contributed by atoms with Gasteiger partial charge in [0.1, 0.15) is 12.2 Å². The van der Waals surface area contributed by atoms with Crippen molar-refractivity contribution >= 4 is 11.9 Å². The molecule has 1 rings (SSSR count). The van der Waals surface area contributed by atoms with Crippen molar-refractivity contribution in [2.45, 2.75) is 53.8 Å². The first-order chi connectivity index (χ1) is 10.2. The van der Waals surface area contributed by atoms with E-state index in [4.69, 9.17) is 9.47 Å². The molecule has 1 aromatic carbocycles. The first-order valence-electron chi connectivity index (χ1n) is 7.73. The number of ether oxygens (including phenoxy) is 2. The molecule has 0 amide bonds. The van der Waals surface area contributed by atoms with Crippen molar-refractivity contribution in [3.63, 3.8) is 0 Å². The van der Waals surface area contributed by atoms with Crippen LogP contribution in [0.3, 0.4) is 0 Å². The van der Waals surface area contributed by atoms with Gasteiger partial charge in [-0.3, -0.25) is 9.59 Å². The van der Waals surface area contributed by atoms with Gasteiger partial charge in [0.05, 0.1) is 11.8 Å². The molecule has 0 radical (unpaired) electrons. The fourth-order valence-corrected chi connectivity index (χ4v) is 1.82. The molecule has 0 spiro atoms. The Kier molecular flexibility index (Phi) is 6.60. The van der Waals surface area contributed by atoms with Crippen LogP contribution in [0.2, 0.25) is 0 Å². The lowest BCUT2D eigenvalue weighted by molar-refractivity contribution is -0.153. The molecule has 0 heterocycles. The minimum atomic E-state index is -0.331. The van der Waals surface area contributed by atoms with E-state index in [2.05, 4.69) is 0 Å². The third kappa shape index (κ3) is 5.17. The van der Waals surface area contributed by atoms with Crippen molar-refractivity contribution in [1.82, 2.24) is 0 Å². The summed E-state index contributed by atoms with van der Waals surface area (Å²) < 4.78 is 10.8. The average Bonchev–Trinajstić information content (AvgIpc) is 2.46. The highest BCUT2D eigenvalue weighted by molar-refractivity contribution is 5.72. The lowest BCUT2D eigenvalue weighted by atomic mass is 10.0. The van der Waals surface area contributed by atoms with Crippen molar-refractivity contribution in [3.8, 4) is 0 Å². The van der Waals surface area contributed by atoms with Crippen LogP contribution in [0.5, 0.6) is 0 Å². The molecule has 4 nitrogen and oxygen atoms in total. The van der Waals surface area contributed by atoms with Crippen LogP contribution in [-0.2, 0) is 19.1 Å². The number of rotatable bonds is 6. The summed E-state index contributed by atoms with van der Waals surface area (Å²) in [4.78, 5) is 23.3. The summed E-state index contributed by atoms with van der Waals surface area (Å²) in [5.74, 6) is -0.762. The normalized spacial score (nSPS) is 13.8. The Hall–Kier alpha value is -1.84. The third-order valence-electron chi connectivity index (χ3n) is 3.38. The van der Waals surface area contributed by atoms with Gasteiger partial charge in [-0.25, -0.2) is 0 Å². The summed E-state index contributed by atoms with van der Waals surface area (Å²) in [5.41, 5.74) is 1.78. The molecular formula is C18H26O4. The highest BCUT2D eigenvalue weighted by atomic mass is 16.5. The molecule has 0 N–H and O–H groups in total. The highest BCUT2D eigenvalue weighted by Gasteiger charge is 2.18. The van der Waals surface area contributed by atoms with E-state index in [1.54, 1.807) is 27.7 Å². The summed E-state index contributed by atoms with van der Waals surface area (Å²) in [6.45, 7) is 10.9. The van der Waals surface area contributed by atoms with E-state index < -0.39 is 0 Å². The Balaban J connectivity index is 2.81. The molecule has 0 saturated heterocycles. The van der Waals surface area contributed by atoms with Crippen LogP contribution in [0.1, 0.15) is 64.9 Å². The van der Waals surface area contributed by atoms with Gasteiger partial charge in [0, 0.05) is 0 Å². The van der Waals surface area contributed by atoms with Crippen LogP contribution < -0.4 is 0 Å². The zero-order valence-electron chi connectivity index (χ0n) is 14.3. The van der Waals surface area contributed by atoms with E-state index in [0.717, 1.165) is 11.1 Å². The molecule has 1 aromatic rings. The first kappa shape index (κ1) is 18.2. The van der Waals surface area contributed by atoms with Crippen molar-refractivity contribution in [3.05, 3.63) is 35.4 Å². The predicted octanol–water partition coefficient (Wildman–Crippen LogP) is 4.21. The maximum absolute atomic E-state index is 11.7. The topological polar surface area (TPSA) is 52.6 Å². The number of esters is 2. The van der Waals surface area contributed by atoms with Gasteiger partial charge < -0.3 is 9.47 Å². The molecule has 0 fully saturated rings. The van der Waals surface area contributed by atoms with Gasteiger partial charge >= 0.3 is 11.9 Å². The first-order valence-corrected chi connectivity index (χ1v) is 7.73. The van der Waals surface area contributed by atoms with Crippen molar-refractivity contribution in [1.29, 1.82) is 0 Å². The van der Waals surface area contributed by atoms with E-state index in [9.17, 15) is 9.59 Å². The van der Waals surface area contributed by atoms with Crippen LogP contribution in [0.15, 0.2) is 24.3 Å². The smallest absolute Gasteiger partial charge is 0.308 e. The number of carbonyl (C=O) groups excluding carboxylic acids is 2. The minimum absolute atomic E-state index is 0.156. The molecule has 0 bridgehead atoms. The van der Waals surface area contributed by atoms with Gasteiger partial charge in [0.25, 0.3) is 0 Å². The molecule has 4 heteroatoms. The Labute approximate surface area is 132 Å². The SMILES string of the molecule is CC(C)C(=O)O[C@H](C)c1cccc([C@@H](C)OC(=O)C(C)C)c1. The summed E-state index contributed by atoms with van der Waals surface area (Å²) in [5, 5.41) is 0. The Bertz CT molecular complexity index is 476. The summed E-state index contributed by atoms with van der Waals surface area (Å²) in [7, 11) is 0. The summed E-state index contributed by atoms with van der Waals surface area (Å²) >= 11 is 0. The van der Waals surface area contributed by atoms with Crippen LogP contribution in [-0.4, -0.2) is 11.9 Å². The molecule has 122 valence electrons. The van der Waals surface area contributed by atoms with Crippen LogP contribution in [0.25, 0.3) is 0 Å². The van der Waals surface area contributed by atoms with Crippen molar-refractivity contribution < 1.29 is 19.1 Å². The van der Waals surface area contributed by atoms with Crippen molar-refractivity contribution in [2.24, 2.45) is 11.8 Å². The molecule has 0 aliphatic rings. The van der Waals surface area contributed by atoms with Gasteiger partial charge in [-0.2, -0.15) is 0 Å². The lowest BCUT2D eigenvalue weighted by Gasteiger charge is -2.19. The predicted molar refractivity (Wildman–Crippen MR) is 85.1 cm³/mol. The largest absolute Gasteiger partial charge is 0.458 e. The fourth-order valence-electron chi connectivity index (χ4n) is 1.82. The standard InChI is InChI=1S/C18H26O4/c1-11(2)17(19)21-13(5)15-8-7-9-16(10-15)14(6)22-18(20)12(3)4/h7-14H,1-6H3/t13-,14-/m1/s1. The van der Waals surface area contributed by atoms with E-state index in [1.165, 1.54) is 0 Å². The number of hydrogen-bond donors (Lipinski definition) is 0. The fraction of sp³-hybridized carbons (Fsp3) is 0.556. The zero-order valence-corrected chi connectivity index (χ0v) is 14.3. The Morgan fingerprint density at radius 2 is 1.14 bits per heavy atom. The van der Waals surface area contributed by atoms with E-state index >= 15 is 0 Å². The molecular weight excluding hydrogens is 280 g/mol. The summed E-state index contributed by atoms with van der Waals surface area (Å²) in [6.07, 6.45) is -0.661. The number of benzene rings is 1. The second-order valence-electron chi connectivity index (χ2n) is 6.14. The average molecular weight is 306 g/mol. The van der Waals surface area contributed by atoms with Crippen LogP contribution in [0, 0.1) is 11.8 Å². The molecule has 2 atom stereocenters. The summed E-state index contributed by atoms with van der Waals surface area (Å²) in [6, 6.07) is 7.60. The second kappa shape index (κ2) is 7.97. The minimum Gasteiger partial charge on any atom is -0.458 e. The Morgan fingerprint density at radius 1 is 0.773 bits per heavy atom. The maximum Gasteiger partial charge on any atom is 0.308 e. The molecule has 0 aliphatic heterocycles. The lowest BCUT2D eigenvalue weighted by Crippen LogP contribution is -2.16. The molecule has 0 aliphatic carbocycles. The van der Waals surface area contributed by atoms with Crippen LogP contribution >= 0.6 is 0 Å². The van der Waals surface area contributed by atoms with Gasteiger partial charge in [-0.15, -0.1) is 0 Å². The van der Waals surface area contributed by atoms with Gasteiger partial charge in [-0.1, -0.05) is 45.9 Å². The van der Waals surface area contributed by atoms with E-state index in [1.807, 2.05) is 38.1 Å². The third-order valence-corrected chi connectivity index (χ3v) is 3.38. The Morgan fingerprint density at radius 3 is 1.45 bits per heavy atom. The zero-order chi connectivity index (χ0) is 16.9. The quantitative estimate of drug-likeness (QED) is 0.739. The number of carbonyl (C=O) groups is 2. The maximum atomic E-state index is 11.7.